The topological polar surface area (TPSA) is 113 Å². The summed E-state index contributed by atoms with van der Waals surface area (Å²) < 4.78 is 1.59. The van der Waals surface area contributed by atoms with Crippen molar-refractivity contribution < 1.29 is 19.5 Å². The van der Waals surface area contributed by atoms with Gasteiger partial charge < -0.3 is 10.4 Å². The number of unbranched alkanes of at least 4 members (excludes halogenated alkanes) is 1. The lowest BCUT2D eigenvalue weighted by Gasteiger charge is -2.06. The maximum atomic E-state index is 11.7. The van der Waals surface area contributed by atoms with E-state index in [0.29, 0.717) is 24.9 Å². The summed E-state index contributed by atoms with van der Waals surface area (Å²) in [5.74, 6) is -1.32. The van der Waals surface area contributed by atoms with Crippen molar-refractivity contribution >= 4 is 23.6 Å². The smallest absolute Gasteiger partial charge is 0.325 e. The molecule has 1 aromatic heterocycles. The molecule has 0 fully saturated rings. The van der Waals surface area contributed by atoms with E-state index in [9.17, 15) is 14.4 Å². The highest BCUT2D eigenvalue weighted by atomic mass is 16.4. The third-order valence-corrected chi connectivity index (χ3v) is 2.79. The minimum atomic E-state index is -0.892. The molecule has 0 aromatic carbocycles. The van der Waals surface area contributed by atoms with E-state index in [1.807, 2.05) is 6.92 Å². The van der Waals surface area contributed by atoms with Gasteiger partial charge in [-0.3, -0.25) is 19.6 Å². The zero-order valence-electron chi connectivity index (χ0n) is 12.2. The number of hydrogen-bond acceptors (Lipinski definition) is 4. The molecule has 0 saturated carbocycles. The molecule has 0 radical (unpaired) electrons. The second-order valence-corrected chi connectivity index (χ2v) is 4.62. The van der Waals surface area contributed by atoms with Gasteiger partial charge in [0.1, 0.15) is 0 Å². The van der Waals surface area contributed by atoms with Crippen LogP contribution < -0.4 is 10.6 Å². The number of rotatable bonds is 7. The van der Waals surface area contributed by atoms with Crippen LogP contribution in [0.2, 0.25) is 0 Å². The minimum absolute atomic E-state index is 0.0228. The number of carbonyl (C=O) groups excluding carboxylic acids is 2. The molecule has 8 nitrogen and oxygen atoms in total. The van der Waals surface area contributed by atoms with Crippen LogP contribution in [-0.2, 0) is 23.1 Å². The first kappa shape index (κ1) is 16.7. The van der Waals surface area contributed by atoms with Gasteiger partial charge in [0.2, 0.25) is 5.91 Å². The Morgan fingerprint density at radius 1 is 1.29 bits per heavy atom. The van der Waals surface area contributed by atoms with Crippen molar-refractivity contribution in [3.63, 3.8) is 0 Å². The number of amides is 3. The Balaban J connectivity index is 2.35. The standard InChI is InChI=1S/C13H20N4O4/c1-3-9-10(8-17(2)16-9)14-13(21)15-11(18)6-4-5-7-12(19)20/h8H,3-7H2,1-2H3,(H,19,20)(H2,14,15,18,21). The maximum absolute atomic E-state index is 11.7. The van der Waals surface area contributed by atoms with Crippen LogP contribution in [0.3, 0.4) is 0 Å². The van der Waals surface area contributed by atoms with E-state index >= 15 is 0 Å². The van der Waals surface area contributed by atoms with Crippen molar-refractivity contribution in [1.29, 1.82) is 0 Å². The van der Waals surface area contributed by atoms with Crippen molar-refractivity contribution in [3.8, 4) is 0 Å². The molecule has 0 spiro atoms. The van der Waals surface area contributed by atoms with Gasteiger partial charge in [-0.1, -0.05) is 6.92 Å². The number of aliphatic carboxylic acids is 1. The number of hydrogen-bond donors (Lipinski definition) is 3. The third-order valence-electron chi connectivity index (χ3n) is 2.79. The first-order valence-corrected chi connectivity index (χ1v) is 6.77. The lowest BCUT2D eigenvalue weighted by Crippen LogP contribution is -2.34. The number of nitrogens with zero attached hydrogens (tertiary/aromatic N) is 2. The second kappa shape index (κ2) is 8.03. The van der Waals surface area contributed by atoms with Crippen molar-refractivity contribution in [3.05, 3.63) is 11.9 Å². The number of carboxylic acids is 1. The molecular weight excluding hydrogens is 276 g/mol. The van der Waals surface area contributed by atoms with Crippen LogP contribution in [0.15, 0.2) is 6.20 Å². The van der Waals surface area contributed by atoms with Crippen LogP contribution in [0.4, 0.5) is 10.5 Å². The molecule has 3 N–H and O–H groups in total. The van der Waals surface area contributed by atoms with E-state index < -0.39 is 17.9 Å². The highest BCUT2D eigenvalue weighted by Gasteiger charge is 2.12. The summed E-state index contributed by atoms with van der Waals surface area (Å²) in [5, 5.41) is 17.4. The number of carbonyl (C=O) groups is 3. The molecule has 1 rings (SSSR count). The lowest BCUT2D eigenvalue weighted by atomic mass is 10.2. The molecule has 8 heteroatoms. The van der Waals surface area contributed by atoms with Crippen molar-refractivity contribution in [1.82, 2.24) is 15.1 Å². The predicted octanol–water partition coefficient (Wildman–Crippen LogP) is 1.28. The van der Waals surface area contributed by atoms with Crippen LogP contribution in [0.1, 0.15) is 38.3 Å². The van der Waals surface area contributed by atoms with Crippen molar-refractivity contribution in [2.24, 2.45) is 7.05 Å². The minimum Gasteiger partial charge on any atom is -0.481 e. The predicted molar refractivity (Wildman–Crippen MR) is 75.9 cm³/mol. The summed E-state index contributed by atoms with van der Waals surface area (Å²) in [6, 6.07) is -0.610. The fraction of sp³-hybridized carbons (Fsp3) is 0.538. The quantitative estimate of drug-likeness (QED) is 0.656. The number of urea groups is 1. The molecule has 0 aliphatic heterocycles. The summed E-state index contributed by atoms with van der Waals surface area (Å²) in [6.07, 6.45) is 3.31. The van der Waals surface area contributed by atoms with Crippen molar-refractivity contribution in [2.75, 3.05) is 5.32 Å². The summed E-state index contributed by atoms with van der Waals surface area (Å²) in [7, 11) is 1.75. The molecule has 116 valence electrons. The summed E-state index contributed by atoms with van der Waals surface area (Å²) in [4.78, 5) is 33.5. The van der Waals surface area contributed by atoms with E-state index in [1.54, 1.807) is 17.9 Å². The number of anilines is 1. The van der Waals surface area contributed by atoms with Crippen LogP contribution in [0.25, 0.3) is 0 Å². The molecule has 21 heavy (non-hydrogen) atoms. The van der Waals surface area contributed by atoms with Crippen LogP contribution >= 0.6 is 0 Å². The molecule has 1 heterocycles. The molecule has 0 unspecified atom stereocenters. The fourth-order valence-corrected chi connectivity index (χ4v) is 1.80. The third kappa shape index (κ3) is 6.07. The Labute approximate surface area is 122 Å². The maximum Gasteiger partial charge on any atom is 0.325 e. The average molecular weight is 296 g/mol. The molecule has 1 aromatic rings. The molecule has 0 saturated heterocycles. The molecule has 0 atom stereocenters. The normalized spacial score (nSPS) is 10.2. The average Bonchev–Trinajstić information content (AvgIpc) is 2.74. The van der Waals surface area contributed by atoms with Gasteiger partial charge in [-0.05, 0) is 19.3 Å². The molecule has 0 bridgehead atoms. The van der Waals surface area contributed by atoms with E-state index in [4.69, 9.17) is 5.11 Å². The zero-order valence-corrected chi connectivity index (χ0v) is 12.2. The van der Waals surface area contributed by atoms with Gasteiger partial charge in [0.25, 0.3) is 0 Å². The lowest BCUT2D eigenvalue weighted by molar-refractivity contribution is -0.137. The number of nitrogens with one attached hydrogen (secondary N) is 2. The van der Waals surface area contributed by atoms with Gasteiger partial charge in [-0.2, -0.15) is 5.10 Å². The number of aryl methyl sites for hydroxylation is 2. The van der Waals surface area contributed by atoms with Gasteiger partial charge in [0, 0.05) is 26.1 Å². The molecular formula is C13H20N4O4. The Bertz CT molecular complexity index is 524. The molecule has 0 aliphatic rings. The van der Waals surface area contributed by atoms with Gasteiger partial charge >= 0.3 is 12.0 Å². The van der Waals surface area contributed by atoms with Crippen LogP contribution in [0, 0.1) is 0 Å². The van der Waals surface area contributed by atoms with Crippen LogP contribution in [-0.4, -0.2) is 32.8 Å². The van der Waals surface area contributed by atoms with E-state index in [-0.39, 0.29) is 12.8 Å². The van der Waals surface area contributed by atoms with Gasteiger partial charge in [0.05, 0.1) is 11.4 Å². The number of carboxylic acid groups (broad SMARTS) is 1. The largest absolute Gasteiger partial charge is 0.481 e. The van der Waals surface area contributed by atoms with E-state index in [1.165, 1.54) is 0 Å². The van der Waals surface area contributed by atoms with E-state index in [2.05, 4.69) is 15.7 Å². The Hall–Kier alpha value is -2.38. The SMILES string of the molecule is CCc1nn(C)cc1NC(=O)NC(=O)CCCCC(=O)O. The fourth-order valence-electron chi connectivity index (χ4n) is 1.80. The first-order valence-electron chi connectivity index (χ1n) is 6.77. The number of aromatic nitrogens is 2. The summed E-state index contributed by atoms with van der Waals surface area (Å²) in [6.45, 7) is 1.92. The Morgan fingerprint density at radius 2 is 1.95 bits per heavy atom. The number of imide groups is 1. The molecule has 0 aliphatic carbocycles. The van der Waals surface area contributed by atoms with Crippen molar-refractivity contribution in [2.45, 2.75) is 39.0 Å². The first-order chi connectivity index (χ1) is 9.92. The highest BCUT2D eigenvalue weighted by molar-refractivity contribution is 6.01. The van der Waals surface area contributed by atoms with Gasteiger partial charge in [-0.15, -0.1) is 0 Å². The van der Waals surface area contributed by atoms with Gasteiger partial charge in [0.15, 0.2) is 0 Å². The zero-order chi connectivity index (χ0) is 15.8. The van der Waals surface area contributed by atoms with Gasteiger partial charge in [-0.25, -0.2) is 4.79 Å². The summed E-state index contributed by atoms with van der Waals surface area (Å²) in [5.41, 5.74) is 1.30. The monoisotopic (exact) mass is 296 g/mol. The molecule has 3 amide bonds. The summed E-state index contributed by atoms with van der Waals surface area (Å²) >= 11 is 0. The highest BCUT2D eigenvalue weighted by Crippen LogP contribution is 2.13. The second-order valence-electron chi connectivity index (χ2n) is 4.62. The van der Waals surface area contributed by atoms with Crippen LogP contribution in [0.5, 0.6) is 0 Å². The Kier molecular flexibility index (Phi) is 6.38. The van der Waals surface area contributed by atoms with E-state index in [0.717, 1.165) is 5.69 Å². The Morgan fingerprint density at radius 3 is 2.57 bits per heavy atom.